The van der Waals surface area contributed by atoms with Crippen molar-refractivity contribution in [1.29, 1.82) is 0 Å². The predicted molar refractivity (Wildman–Crippen MR) is 63.4 cm³/mol. The van der Waals surface area contributed by atoms with Crippen LogP contribution in [0.15, 0.2) is 25.3 Å². The Balaban J connectivity index is 0.00000162. The molecule has 18 heavy (non-hydrogen) atoms. The van der Waals surface area contributed by atoms with E-state index >= 15 is 0 Å². The van der Waals surface area contributed by atoms with E-state index in [1.54, 1.807) is 12.2 Å². The van der Waals surface area contributed by atoms with Gasteiger partial charge in [-0.2, -0.15) is 6.10 Å². The maximum absolute atomic E-state index is 5.70. The van der Waals surface area contributed by atoms with E-state index in [0.29, 0.717) is 33.0 Å². The molecule has 2 rings (SSSR count). The van der Waals surface area contributed by atoms with E-state index in [2.05, 4.69) is 13.2 Å². The van der Waals surface area contributed by atoms with Crippen molar-refractivity contribution < 1.29 is 37.8 Å². The third kappa shape index (κ3) is 3.71. The van der Waals surface area contributed by atoms with Crippen molar-refractivity contribution in [3.8, 4) is 0 Å². The Morgan fingerprint density at radius 1 is 1.22 bits per heavy atom. The summed E-state index contributed by atoms with van der Waals surface area (Å²) < 4.78 is 22.4. The van der Waals surface area contributed by atoms with Crippen LogP contribution in [0.5, 0.6) is 0 Å². The fraction of sp³-hybridized carbons (Fsp3) is 0.615. The van der Waals surface area contributed by atoms with Gasteiger partial charge >= 0.3 is 18.9 Å². The van der Waals surface area contributed by atoms with Gasteiger partial charge in [0.2, 0.25) is 0 Å². The molecule has 2 aliphatic heterocycles. The molecular weight excluding hydrogens is 227 g/mol. The molecule has 0 saturated carbocycles. The van der Waals surface area contributed by atoms with Gasteiger partial charge in [-0.1, -0.05) is 18.1 Å². The van der Waals surface area contributed by atoms with Gasteiger partial charge in [-0.15, -0.1) is 13.2 Å². The fourth-order valence-electron chi connectivity index (χ4n) is 2.12. The molecule has 2 fully saturated rings. The smallest absolute Gasteiger partial charge is 0.544 e. The second-order valence-corrected chi connectivity index (χ2v) is 4.15. The van der Waals surface area contributed by atoms with Crippen LogP contribution in [0.3, 0.4) is 0 Å². The number of hydrogen-bond donors (Lipinski definition) is 0. The molecule has 0 aromatic rings. The van der Waals surface area contributed by atoms with Crippen LogP contribution in [0, 0.1) is 12.0 Å². The standard InChI is InChI=1S/C13H19O4.Li/c1-3-5-14-7-10-8-16-13-11(15-6-4-2)9-17-12(10)13;/h3-4,10-11,13H,1-2,5-9H2;/q-1;+1/t10-,11-,13+;/m0./s1. The molecule has 0 N–H and O–H groups in total. The molecule has 4 nitrogen and oxygen atoms in total. The Labute approximate surface area is 120 Å². The van der Waals surface area contributed by atoms with Crippen LogP contribution >= 0.6 is 0 Å². The minimum absolute atomic E-state index is 0. The van der Waals surface area contributed by atoms with Crippen LogP contribution in [-0.4, -0.2) is 45.2 Å². The summed E-state index contributed by atoms with van der Waals surface area (Å²) in [5.41, 5.74) is 0. The van der Waals surface area contributed by atoms with Crippen molar-refractivity contribution in [3.05, 3.63) is 31.4 Å². The maximum atomic E-state index is 5.70. The molecule has 3 atom stereocenters. The first-order chi connectivity index (χ1) is 8.36. The summed E-state index contributed by atoms with van der Waals surface area (Å²) in [6.07, 6.45) is 4.41. The van der Waals surface area contributed by atoms with E-state index < -0.39 is 0 Å². The minimum atomic E-state index is -0.0349. The van der Waals surface area contributed by atoms with E-state index in [0.717, 1.165) is 6.10 Å². The third-order valence-electron chi connectivity index (χ3n) is 2.89. The monoisotopic (exact) mass is 246 g/mol. The molecule has 0 spiro atoms. The summed E-state index contributed by atoms with van der Waals surface area (Å²) in [6.45, 7) is 10.2. The normalized spacial score (nSPS) is 30.8. The molecule has 0 radical (unpaired) electrons. The fourth-order valence-corrected chi connectivity index (χ4v) is 2.12. The van der Waals surface area contributed by atoms with Crippen molar-refractivity contribution in [2.45, 2.75) is 12.2 Å². The number of hydrogen-bond acceptors (Lipinski definition) is 4. The van der Waals surface area contributed by atoms with Crippen LogP contribution in [-0.2, 0) is 18.9 Å². The number of rotatable bonds is 7. The predicted octanol–water partition coefficient (Wildman–Crippen LogP) is -1.66. The summed E-state index contributed by atoms with van der Waals surface area (Å²) in [5, 5.41) is 0. The first-order valence-corrected chi connectivity index (χ1v) is 5.89. The number of ether oxygens (including phenoxy) is 4. The van der Waals surface area contributed by atoms with Gasteiger partial charge in [-0.3, -0.25) is 0 Å². The van der Waals surface area contributed by atoms with E-state index in [4.69, 9.17) is 18.9 Å². The first-order valence-electron chi connectivity index (χ1n) is 5.89. The van der Waals surface area contributed by atoms with Gasteiger partial charge in [0.25, 0.3) is 0 Å². The average molecular weight is 246 g/mol. The van der Waals surface area contributed by atoms with Gasteiger partial charge in [0.15, 0.2) is 0 Å². The molecule has 0 aromatic carbocycles. The van der Waals surface area contributed by atoms with E-state index in [1.165, 1.54) is 0 Å². The van der Waals surface area contributed by atoms with Gasteiger partial charge in [0.1, 0.15) is 0 Å². The zero-order valence-corrected chi connectivity index (χ0v) is 11.0. The molecule has 2 aliphatic rings. The van der Waals surface area contributed by atoms with Gasteiger partial charge in [0, 0.05) is 19.8 Å². The molecule has 5 heteroatoms. The van der Waals surface area contributed by atoms with Crippen molar-refractivity contribution in [3.63, 3.8) is 0 Å². The van der Waals surface area contributed by atoms with Crippen molar-refractivity contribution >= 4 is 0 Å². The second-order valence-electron chi connectivity index (χ2n) is 4.15. The maximum Gasteiger partial charge on any atom is 1.00 e. The van der Waals surface area contributed by atoms with Crippen LogP contribution in [0.4, 0.5) is 0 Å². The summed E-state index contributed by atoms with van der Waals surface area (Å²) in [6, 6.07) is 0. The molecule has 0 aromatic heterocycles. The summed E-state index contributed by atoms with van der Waals surface area (Å²) in [7, 11) is 0. The van der Waals surface area contributed by atoms with Crippen molar-refractivity contribution in [2.75, 3.05) is 33.0 Å². The molecule has 2 heterocycles. The van der Waals surface area contributed by atoms with Crippen LogP contribution in [0.25, 0.3) is 0 Å². The molecule has 96 valence electrons. The molecule has 0 amide bonds. The van der Waals surface area contributed by atoms with Gasteiger partial charge in [-0.25, -0.2) is 0 Å². The molecular formula is C13H19LiO4. The Morgan fingerprint density at radius 3 is 2.72 bits per heavy atom. The van der Waals surface area contributed by atoms with E-state index in [-0.39, 0.29) is 37.0 Å². The topological polar surface area (TPSA) is 36.9 Å². The quantitative estimate of drug-likeness (QED) is 0.233. The zero-order valence-electron chi connectivity index (χ0n) is 11.0. The summed E-state index contributed by atoms with van der Waals surface area (Å²) in [4.78, 5) is 0. The summed E-state index contributed by atoms with van der Waals surface area (Å²) in [5.74, 6) is 0.220. The zero-order chi connectivity index (χ0) is 12.1. The Morgan fingerprint density at radius 2 is 2.00 bits per heavy atom. The molecule has 2 saturated heterocycles. The first kappa shape index (κ1) is 16.0. The second kappa shape index (κ2) is 8.16. The molecule has 0 unspecified atom stereocenters. The van der Waals surface area contributed by atoms with Gasteiger partial charge < -0.3 is 18.9 Å². The van der Waals surface area contributed by atoms with E-state index in [9.17, 15) is 0 Å². The van der Waals surface area contributed by atoms with Crippen molar-refractivity contribution in [1.82, 2.24) is 0 Å². The largest absolute Gasteiger partial charge is 1.00 e. The Kier molecular flexibility index (Phi) is 7.24. The van der Waals surface area contributed by atoms with Crippen LogP contribution < -0.4 is 18.9 Å². The number of fused-ring (bicyclic) bond motifs is 1. The van der Waals surface area contributed by atoms with Crippen LogP contribution in [0.1, 0.15) is 0 Å². The van der Waals surface area contributed by atoms with Gasteiger partial charge in [-0.05, 0) is 6.10 Å². The third-order valence-corrected chi connectivity index (χ3v) is 2.89. The average Bonchev–Trinajstić information content (AvgIpc) is 2.90. The van der Waals surface area contributed by atoms with Crippen LogP contribution in [0.2, 0.25) is 0 Å². The van der Waals surface area contributed by atoms with E-state index in [1.807, 2.05) is 0 Å². The minimum Gasteiger partial charge on any atom is -0.544 e. The SMILES string of the molecule is C=CCOC[C@H]1CO[C@H]2[C-]1OC[C@@H]2OCC=C.[Li+]. The molecule has 0 bridgehead atoms. The van der Waals surface area contributed by atoms with Gasteiger partial charge in [0.05, 0.1) is 19.3 Å². The molecule has 0 aliphatic carbocycles. The Hall–Kier alpha value is -0.0826. The van der Waals surface area contributed by atoms with Crippen molar-refractivity contribution in [2.24, 2.45) is 5.92 Å². The Bertz CT molecular complexity index is 272. The summed E-state index contributed by atoms with van der Waals surface area (Å²) >= 11 is 0.